The topological polar surface area (TPSA) is 43.8 Å². The standard InChI is InChI=1S/C12H15N3/c1-10-14-6-7-15(10)9-12-5-3-2-4-11(12)8-13/h2-7H,8-9,13H2,1H3. The fraction of sp³-hybridized carbons (Fsp3) is 0.250. The second-order valence-corrected chi connectivity index (χ2v) is 3.58. The van der Waals surface area contributed by atoms with Crippen molar-refractivity contribution < 1.29 is 0 Å². The first-order chi connectivity index (χ1) is 7.31. The van der Waals surface area contributed by atoms with Crippen LogP contribution in [0.2, 0.25) is 0 Å². The third-order valence-electron chi connectivity index (χ3n) is 2.60. The van der Waals surface area contributed by atoms with E-state index in [1.54, 1.807) is 0 Å². The molecule has 0 aliphatic carbocycles. The van der Waals surface area contributed by atoms with Crippen molar-refractivity contribution in [1.82, 2.24) is 9.55 Å². The summed E-state index contributed by atoms with van der Waals surface area (Å²) in [5, 5.41) is 0. The molecule has 0 amide bonds. The lowest BCUT2D eigenvalue weighted by Gasteiger charge is -2.09. The number of hydrogen-bond donors (Lipinski definition) is 1. The Balaban J connectivity index is 2.28. The summed E-state index contributed by atoms with van der Waals surface area (Å²) in [4.78, 5) is 4.20. The van der Waals surface area contributed by atoms with Gasteiger partial charge in [0.05, 0.1) is 0 Å². The number of rotatable bonds is 3. The van der Waals surface area contributed by atoms with Crippen molar-refractivity contribution in [3.8, 4) is 0 Å². The van der Waals surface area contributed by atoms with Crippen LogP contribution >= 0.6 is 0 Å². The Morgan fingerprint density at radius 1 is 1.27 bits per heavy atom. The lowest BCUT2D eigenvalue weighted by Crippen LogP contribution is -2.06. The highest BCUT2D eigenvalue weighted by atomic mass is 15.0. The second kappa shape index (κ2) is 4.28. The van der Waals surface area contributed by atoms with E-state index in [9.17, 15) is 0 Å². The molecule has 0 fully saturated rings. The number of nitrogens with two attached hydrogens (primary N) is 1. The molecule has 2 aromatic rings. The zero-order chi connectivity index (χ0) is 10.7. The van der Waals surface area contributed by atoms with Crippen LogP contribution in [0, 0.1) is 6.92 Å². The summed E-state index contributed by atoms with van der Waals surface area (Å²) in [5.41, 5.74) is 8.16. The fourth-order valence-corrected chi connectivity index (χ4v) is 1.67. The van der Waals surface area contributed by atoms with Crippen molar-refractivity contribution in [3.63, 3.8) is 0 Å². The monoisotopic (exact) mass is 201 g/mol. The summed E-state index contributed by atoms with van der Waals surface area (Å²) in [7, 11) is 0. The van der Waals surface area contributed by atoms with Crippen LogP contribution in [-0.2, 0) is 13.1 Å². The summed E-state index contributed by atoms with van der Waals surface area (Å²) in [6, 6.07) is 8.25. The van der Waals surface area contributed by atoms with Gasteiger partial charge in [0.25, 0.3) is 0 Å². The van der Waals surface area contributed by atoms with Gasteiger partial charge in [-0.1, -0.05) is 24.3 Å². The van der Waals surface area contributed by atoms with E-state index in [-0.39, 0.29) is 0 Å². The molecule has 78 valence electrons. The Bertz CT molecular complexity index is 446. The minimum Gasteiger partial charge on any atom is -0.331 e. The van der Waals surface area contributed by atoms with Gasteiger partial charge in [0.1, 0.15) is 5.82 Å². The average molecular weight is 201 g/mol. The predicted octanol–water partition coefficient (Wildman–Crippen LogP) is 1.70. The van der Waals surface area contributed by atoms with Gasteiger partial charge in [-0.25, -0.2) is 4.98 Å². The van der Waals surface area contributed by atoms with Gasteiger partial charge in [0.15, 0.2) is 0 Å². The fourth-order valence-electron chi connectivity index (χ4n) is 1.67. The van der Waals surface area contributed by atoms with Crippen molar-refractivity contribution in [3.05, 3.63) is 53.6 Å². The Labute approximate surface area is 89.6 Å². The predicted molar refractivity (Wildman–Crippen MR) is 60.4 cm³/mol. The van der Waals surface area contributed by atoms with Crippen molar-refractivity contribution in [2.45, 2.75) is 20.0 Å². The molecule has 2 N–H and O–H groups in total. The molecule has 0 atom stereocenters. The molecule has 0 unspecified atom stereocenters. The van der Waals surface area contributed by atoms with Gasteiger partial charge < -0.3 is 10.3 Å². The molecule has 0 aliphatic rings. The SMILES string of the molecule is Cc1nccn1Cc1ccccc1CN. The highest BCUT2D eigenvalue weighted by Crippen LogP contribution is 2.10. The summed E-state index contributed by atoms with van der Waals surface area (Å²) in [5.74, 6) is 1.03. The van der Waals surface area contributed by atoms with E-state index >= 15 is 0 Å². The third kappa shape index (κ3) is 2.07. The largest absolute Gasteiger partial charge is 0.331 e. The van der Waals surface area contributed by atoms with Crippen molar-refractivity contribution in [2.24, 2.45) is 5.73 Å². The lowest BCUT2D eigenvalue weighted by atomic mass is 10.1. The van der Waals surface area contributed by atoms with Crippen LogP contribution in [0.4, 0.5) is 0 Å². The first-order valence-electron chi connectivity index (χ1n) is 5.06. The number of aryl methyl sites for hydroxylation is 1. The molecule has 2 rings (SSSR count). The van der Waals surface area contributed by atoms with Gasteiger partial charge >= 0.3 is 0 Å². The second-order valence-electron chi connectivity index (χ2n) is 3.58. The Morgan fingerprint density at radius 2 is 2.00 bits per heavy atom. The summed E-state index contributed by atoms with van der Waals surface area (Å²) in [6.07, 6.45) is 3.81. The Morgan fingerprint density at radius 3 is 2.60 bits per heavy atom. The molecule has 0 saturated heterocycles. The van der Waals surface area contributed by atoms with Crippen LogP contribution in [0.1, 0.15) is 17.0 Å². The summed E-state index contributed by atoms with van der Waals surface area (Å²) in [6.45, 7) is 3.44. The van der Waals surface area contributed by atoms with Crippen molar-refractivity contribution >= 4 is 0 Å². The first-order valence-corrected chi connectivity index (χ1v) is 5.06. The highest BCUT2D eigenvalue weighted by molar-refractivity contribution is 5.27. The van der Waals surface area contributed by atoms with Crippen LogP contribution in [0.5, 0.6) is 0 Å². The molecular weight excluding hydrogens is 186 g/mol. The average Bonchev–Trinajstić information content (AvgIpc) is 2.65. The molecule has 0 saturated carbocycles. The zero-order valence-corrected chi connectivity index (χ0v) is 8.85. The molecule has 0 radical (unpaired) electrons. The van der Waals surface area contributed by atoms with Crippen LogP contribution in [0.25, 0.3) is 0 Å². The molecule has 0 bridgehead atoms. The number of nitrogens with zero attached hydrogens (tertiary/aromatic N) is 2. The summed E-state index contributed by atoms with van der Waals surface area (Å²) >= 11 is 0. The van der Waals surface area contributed by atoms with Gasteiger partial charge in [-0.05, 0) is 18.1 Å². The van der Waals surface area contributed by atoms with Crippen molar-refractivity contribution in [1.29, 1.82) is 0 Å². The van der Waals surface area contributed by atoms with E-state index in [0.29, 0.717) is 6.54 Å². The molecule has 0 spiro atoms. The molecule has 1 aromatic carbocycles. The van der Waals surface area contributed by atoms with Crippen LogP contribution < -0.4 is 5.73 Å². The highest BCUT2D eigenvalue weighted by Gasteiger charge is 2.02. The van der Waals surface area contributed by atoms with Crippen LogP contribution in [0.3, 0.4) is 0 Å². The normalized spacial score (nSPS) is 10.5. The number of hydrogen-bond acceptors (Lipinski definition) is 2. The zero-order valence-electron chi connectivity index (χ0n) is 8.85. The summed E-state index contributed by atoms with van der Waals surface area (Å²) < 4.78 is 2.12. The molecule has 3 heteroatoms. The van der Waals surface area contributed by atoms with Gasteiger partial charge in [-0.15, -0.1) is 0 Å². The van der Waals surface area contributed by atoms with Gasteiger partial charge in [-0.2, -0.15) is 0 Å². The number of aromatic nitrogens is 2. The van der Waals surface area contributed by atoms with Crippen LogP contribution in [0.15, 0.2) is 36.7 Å². The minimum absolute atomic E-state index is 0.587. The van der Waals surface area contributed by atoms with E-state index in [4.69, 9.17) is 5.73 Å². The quantitative estimate of drug-likeness (QED) is 0.821. The minimum atomic E-state index is 0.587. The maximum absolute atomic E-state index is 5.69. The van der Waals surface area contributed by atoms with E-state index in [1.165, 1.54) is 11.1 Å². The molecule has 1 aromatic heterocycles. The molecule has 0 aliphatic heterocycles. The smallest absolute Gasteiger partial charge is 0.105 e. The number of imidazole rings is 1. The molecule has 1 heterocycles. The van der Waals surface area contributed by atoms with Crippen molar-refractivity contribution in [2.75, 3.05) is 0 Å². The van der Waals surface area contributed by atoms with Gasteiger partial charge in [0.2, 0.25) is 0 Å². The Hall–Kier alpha value is -1.61. The van der Waals surface area contributed by atoms with E-state index in [1.807, 2.05) is 31.5 Å². The maximum Gasteiger partial charge on any atom is 0.105 e. The van der Waals surface area contributed by atoms with Gasteiger partial charge in [-0.3, -0.25) is 0 Å². The van der Waals surface area contributed by atoms with Crippen LogP contribution in [-0.4, -0.2) is 9.55 Å². The first kappa shape index (κ1) is 9.93. The van der Waals surface area contributed by atoms with Gasteiger partial charge in [0, 0.05) is 25.5 Å². The molecule has 3 nitrogen and oxygen atoms in total. The lowest BCUT2D eigenvalue weighted by molar-refractivity contribution is 0.752. The third-order valence-corrected chi connectivity index (χ3v) is 2.60. The molecule has 15 heavy (non-hydrogen) atoms. The Kier molecular flexibility index (Phi) is 2.83. The van der Waals surface area contributed by atoms with E-state index in [0.717, 1.165) is 12.4 Å². The molecular formula is C12H15N3. The maximum atomic E-state index is 5.69. The number of benzene rings is 1. The van der Waals surface area contributed by atoms with E-state index in [2.05, 4.69) is 21.7 Å². The van der Waals surface area contributed by atoms with E-state index < -0.39 is 0 Å².